The lowest BCUT2D eigenvalue weighted by atomic mass is 10.1. The first-order chi connectivity index (χ1) is 15.6. The van der Waals surface area contributed by atoms with E-state index >= 15 is 0 Å². The zero-order valence-electron chi connectivity index (χ0n) is 19.5. The van der Waals surface area contributed by atoms with Gasteiger partial charge in [0.1, 0.15) is 6.04 Å². The van der Waals surface area contributed by atoms with Gasteiger partial charge in [0.25, 0.3) is 0 Å². The fourth-order valence-electron chi connectivity index (χ4n) is 4.64. The number of rotatable bonds is 7. The number of amides is 1. The summed E-state index contributed by atoms with van der Waals surface area (Å²) in [6.07, 6.45) is 0. The predicted molar refractivity (Wildman–Crippen MR) is 135 cm³/mol. The molecular weight excluding hydrogens is 396 g/mol. The molecule has 1 heterocycles. The third-order valence-corrected chi connectivity index (χ3v) is 6.60. The first kappa shape index (κ1) is 22.2. The number of carbonyl (C=O) groups is 1. The van der Waals surface area contributed by atoms with Crippen molar-refractivity contribution in [2.24, 2.45) is 0 Å². The third-order valence-electron chi connectivity index (χ3n) is 6.60. The van der Waals surface area contributed by atoms with Gasteiger partial charge in [-0.05, 0) is 56.5 Å². The molecule has 1 aliphatic rings. The van der Waals surface area contributed by atoms with E-state index in [-0.39, 0.29) is 11.9 Å². The average molecular weight is 432 g/mol. The number of hydrogen-bond acceptors (Lipinski definition) is 3. The standard InChI is InChI=1S/C27H34N4O/c1-4-29-17-19-30(20-18-29)24-15-13-23(14-16-24)28-21(3)27(32)31(5-2)26-12-8-10-22-9-6-7-11-25(22)26/h6-16,21,28H,4-5,17-20H2,1-3H3/p+1/t21-/m0/s1. The van der Waals surface area contributed by atoms with E-state index in [1.54, 1.807) is 4.90 Å². The largest absolute Gasteiger partial charge is 0.374 e. The van der Waals surface area contributed by atoms with Crippen molar-refractivity contribution in [1.82, 2.24) is 0 Å². The normalized spacial score (nSPS) is 15.5. The number of fused-ring (bicyclic) bond motifs is 1. The Hall–Kier alpha value is -3.05. The Labute approximate surface area is 191 Å². The Morgan fingerprint density at radius 2 is 1.69 bits per heavy atom. The van der Waals surface area contributed by atoms with Crippen molar-refractivity contribution in [3.8, 4) is 0 Å². The van der Waals surface area contributed by atoms with Crippen molar-refractivity contribution in [3.05, 3.63) is 66.7 Å². The van der Waals surface area contributed by atoms with Crippen LogP contribution in [-0.2, 0) is 4.79 Å². The van der Waals surface area contributed by atoms with Crippen LogP contribution in [0.15, 0.2) is 66.7 Å². The summed E-state index contributed by atoms with van der Waals surface area (Å²) >= 11 is 0. The topological polar surface area (TPSA) is 40.0 Å². The quantitative estimate of drug-likeness (QED) is 0.602. The van der Waals surface area contributed by atoms with E-state index in [0.717, 1.165) is 35.2 Å². The molecule has 5 nitrogen and oxygen atoms in total. The molecule has 1 amide bonds. The molecule has 0 saturated carbocycles. The summed E-state index contributed by atoms with van der Waals surface area (Å²) in [6.45, 7) is 12.7. The molecule has 1 aliphatic heterocycles. The lowest BCUT2D eigenvalue weighted by molar-refractivity contribution is -0.898. The zero-order chi connectivity index (χ0) is 22.5. The monoisotopic (exact) mass is 431 g/mol. The Kier molecular flexibility index (Phi) is 6.96. The molecule has 3 aromatic rings. The van der Waals surface area contributed by atoms with Crippen LogP contribution in [0, 0.1) is 0 Å². The number of anilines is 3. The lowest BCUT2D eigenvalue weighted by Crippen LogP contribution is -3.14. The number of carbonyl (C=O) groups excluding carboxylic acids is 1. The molecule has 0 aromatic heterocycles. The second kappa shape index (κ2) is 10.0. The van der Waals surface area contributed by atoms with Crippen molar-refractivity contribution in [3.63, 3.8) is 0 Å². The maximum Gasteiger partial charge on any atom is 0.249 e. The Balaban J connectivity index is 1.43. The van der Waals surface area contributed by atoms with Crippen LogP contribution < -0.4 is 20.0 Å². The van der Waals surface area contributed by atoms with E-state index in [0.29, 0.717) is 6.54 Å². The molecule has 0 bridgehead atoms. The number of quaternary nitrogens is 1. The van der Waals surface area contributed by atoms with Gasteiger partial charge in [-0.3, -0.25) is 4.79 Å². The van der Waals surface area contributed by atoms with E-state index in [1.165, 1.54) is 25.3 Å². The van der Waals surface area contributed by atoms with Gasteiger partial charge in [-0.25, -0.2) is 0 Å². The van der Waals surface area contributed by atoms with Crippen LogP contribution in [0.5, 0.6) is 0 Å². The Bertz CT molecular complexity index is 1040. The van der Waals surface area contributed by atoms with Crippen LogP contribution in [0.4, 0.5) is 17.1 Å². The maximum absolute atomic E-state index is 13.3. The molecule has 1 fully saturated rings. The molecule has 168 valence electrons. The van der Waals surface area contributed by atoms with Crippen molar-refractivity contribution < 1.29 is 9.69 Å². The first-order valence-electron chi connectivity index (χ1n) is 11.8. The average Bonchev–Trinajstić information content (AvgIpc) is 2.85. The number of benzene rings is 3. The second-order valence-electron chi connectivity index (χ2n) is 8.58. The van der Waals surface area contributed by atoms with Gasteiger partial charge in [0, 0.05) is 23.3 Å². The van der Waals surface area contributed by atoms with Crippen LogP contribution in [0.25, 0.3) is 10.8 Å². The van der Waals surface area contributed by atoms with Crippen molar-refractivity contribution in [1.29, 1.82) is 0 Å². The van der Waals surface area contributed by atoms with Crippen molar-refractivity contribution in [2.45, 2.75) is 26.8 Å². The molecule has 1 saturated heterocycles. The highest BCUT2D eigenvalue weighted by molar-refractivity contribution is 6.06. The molecule has 0 spiro atoms. The number of likely N-dealkylation sites (N-methyl/N-ethyl adjacent to an activating group) is 2. The number of hydrogen-bond donors (Lipinski definition) is 2. The third kappa shape index (κ3) is 4.73. The highest BCUT2D eigenvalue weighted by atomic mass is 16.2. The van der Waals surface area contributed by atoms with E-state index in [2.05, 4.69) is 59.6 Å². The number of nitrogens with zero attached hydrogens (tertiary/aromatic N) is 2. The van der Waals surface area contributed by atoms with E-state index < -0.39 is 0 Å². The molecule has 4 rings (SSSR count). The lowest BCUT2D eigenvalue weighted by Gasteiger charge is -2.33. The zero-order valence-corrected chi connectivity index (χ0v) is 19.5. The van der Waals surface area contributed by atoms with E-state index in [9.17, 15) is 4.79 Å². The van der Waals surface area contributed by atoms with Crippen LogP contribution in [-0.4, -0.2) is 51.2 Å². The van der Waals surface area contributed by atoms with Crippen molar-refractivity contribution in [2.75, 3.05) is 54.4 Å². The minimum Gasteiger partial charge on any atom is -0.374 e. The van der Waals surface area contributed by atoms with Crippen LogP contribution in [0.1, 0.15) is 20.8 Å². The fourth-order valence-corrected chi connectivity index (χ4v) is 4.64. The molecule has 3 aromatic carbocycles. The Morgan fingerprint density at radius 1 is 1.00 bits per heavy atom. The summed E-state index contributed by atoms with van der Waals surface area (Å²) in [4.78, 5) is 19.4. The minimum absolute atomic E-state index is 0.0755. The highest BCUT2D eigenvalue weighted by Crippen LogP contribution is 2.27. The van der Waals surface area contributed by atoms with E-state index in [1.807, 2.05) is 43.0 Å². The molecular formula is C27H35N4O+. The minimum atomic E-state index is -0.323. The highest BCUT2D eigenvalue weighted by Gasteiger charge is 2.22. The summed E-state index contributed by atoms with van der Waals surface area (Å²) in [5.41, 5.74) is 3.20. The first-order valence-corrected chi connectivity index (χ1v) is 11.8. The molecule has 0 unspecified atom stereocenters. The van der Waals surface area contributed by atoms with Gasteiger partial charge in [0.15, 0.2) is 0 Å². The molecule has 5 heteroatoms. The predicted octanol–water partition coefficient (Wildman–Crippen LogP) is 3.42. The molecule has 2 N–H and O–H groups in total. The summed E-state index contributed by atoms with van der Waals surface area (Å²) in [7, 11) is 0. The Morgan fingerprint density at radius 3 is 2.38 bits per heavy atom. The second-order valence-corrected chi connectivity index (χ2v) is 8.58. The summed E-state index contributed by atoms with van der Waals surface area (Å²) in [6, 6.07) is 22.6. The molecule has 0 aliphatic carbocycles. The van der Waals surface area contributed by atoms with Gasteiger partial charge < -0.3 is 20.0 Å². The molecule has 32 heavy (non-hydrogen) atoms. The smallest absolute Gasteiger partial charge is 0.249 e. The summed E-state index contributed by atoms with van der Waals surface area (Å²) in [5, 5.41) is 5.66. The molecule has 1 atom stereocenters. The van der Waals surface area contributed by atoms with Crippen LogP contribution in [0.3, 0.4) is 0 Å². The number of nitrogens with one attached hydrogen (secondary N) is 2. The van der Waals surface area contributed by atoms with Gasteiger partial charge in [-0.2, -0.15) is 0 Å². The van der Waals surface area contributed by atoms with E-state index in [4.69, 9.17) is 0 Å². The summed E-state index contributed by atoms with van der Waals surface area (Å²) < 4.78 is 0. The fraction of sp³-hybridized carbons (Fsp3) is 0.370. The van der Waals surface area contributed by atoms with Gasteiger partial charge in [-0.1, -0.05) is 36.4 Å². The van der Waals surface area contributed by atoms with Gasteiger partial charge >= 0.3 is 0 Å². The van der Waals surface area contributed by atoms with Gasteiger partial charge in [-0.15, -0.1) is 0 Å². The van der Waals surface area contributed by atoms with Crippen LogP contribution >= 0.6 is 0 Å². The summed E-state index contributed by atoms with van der Waals surface area (Å²) in [5.74, 6) is 0.0755. The molecule has 0 radical (unpaired) electrons. The van der Waals surface area contributed by atoms with Crippen LogP contribution in [0.2, 0.25) is 0 Å². The van der Waals surface area contributed by atoms with Gasteiger partial charge in [0.2, 0.25) is 5.91 Å². The SMILES string of the molecule is CCN(C(=O)[C@H](C)Nc1ccc(N2CC[NH+](CC)CC2)cc1)c1cccc2ccccc12. The van der Waals surface area contributed by atoms with Crippen molar-refractivity contribution >= 4 is 33.7 Å². The van der Waals surface area contributed by atoms with Gasteiger partial charge in [0.05, 0.1) is 38.4 Å². The maximum atomic E-state index is 13.3. The number of piperazine rings is 1.